The van der Waals surface area contributed by atoms with E-state index >= 15 is 0 Å². The first-order chi connectivity index (χ1) is 13.4. The number of amides is 1. The van der Waals surface area contributed by atoms with Crippen LogP contribution in [0.2, 0.25) is 0 Å². The van der Waals surface area contributed by atoms with Gasteiger partial charge in [0.2, 0.25) is 0 Å². The smallest absolute Gasteiger partial charge is 0.331 e. The molecule has 8 nitrogen and oxygen atoms in total. The van der Waals surface area contributed by atoms with Crippen molar-refractivity contribution in [3.63, 3.8) is 0 Å². The molecule has 1 amide bonds. The van der Waals surface area contributed by atoms with Gasteiger partial charge in [-0.25, -0.2) is 9.78 Å². The van der Waals surface area contributed by atoms with Crippen LogP contribution < -0.4 is 5.32 Å². The summed E-state index contributed by atoms with van der Waals surface area (Å²) in [5.41, 5.74) is 1.62. The van der Waals surface area contributed by atoms with Gasteiger partial charge in [-0.15, -0.1) is 0 Å². The zero-order valence-corrected chi connectivity index (χ0v) is 15.6. The number of carboxylic acid groups (broad SMARTS) is 1. The normalized spacial score (nSPS) is 19.1. The first-order valence-electron chi connectivity index (χ1n) is 8.95. The van der Waals surface area contributed by atoms with E-state index in [1.807, 2.05) is 30.3 Å². The Hall–Kier alpha value is -3.26. The third-order valence-corrected chi connectivity index (χ3v) is 5.07. The van der Waals surface area contributed by atoms with Crippen LogP contribution in [0, 0.1) is 6.92 Å². The highest BCUT2D eigenvalue weighted by atomic mass is 16.5. The predicted molar refractivity (Wildman–Crippen MR) is 102 cm³/mol. The molecule has 1 aromatic carbocycles. The summed E-state index contributed by atoms with van der Waals surface area (Å²) in [6.45, 7) is 2.04. The van der Waals surface area contributed by atoms with Gasteiger partial charge in [-0.05, 0) is 13.0 Å². The Morgan fingerprint density at radius 3 is 2.68 bits per heavy atom. The van der Waals surface area contributed by atoms with E-state index in [1.54, 1.807) is 24.7 Å². The van der Waals surface area contributed by atoms with Crippen LogP contribution in [0.4, 0.5) is 0 Å². The Kier molecular flexibility index (Phi) is 4.35. The molecule has 0 spiro atoms. The van der Waals surface area contributed by atoms with Crippen molar-refractivity contribution in [2.45, 2.75) is 18.9 Å². The summed E-state index contributed by atoms with van der Waals surface area (Å²) in [6.07, 6.45) is 0.222. The molecule has 1 unspecified atom stereocenters. The second-order valence-corrected chi connectivity index (χ2v) is 6.97. The van der Waals surface area contributed by atoms with Crippen LogP contribution in [0.5, 0.6) is 0 Å². The van der Waals surface area contributed by atoms with Crippen LogP contribution in [0.3, 0.4) is 0 Å². The van der Waals surface area contributed by atoms with E-state index in [0.29, 0.717) is 34.6 Å². The number of aliphatic carboxylic acids is 1. The number of aryl methyl sites for hydroxylation is 2. The summed E-state index contributed by atoms with van der Waals surface area (Å²) in [5, 5.41) is 17.3. The highest BCUT2D eigenvalue weighted by Crippen LogP contribution is 2.28. The maximum absolute atomic E-state index is 13.2. The van der Waals surface area contributed by atoms with Crippen LogP contribution in [0.15, 0.2) is 36.4 Å². The molecule has 8 heteroatoms. The Balaban J connectivity index is 1.85. The maximum atomic E-state index is 13.2. The number of nitrogens with one attached hydrogen (secondary N) is 1. The van der Waals surface area contributed by atoms with Crippen molar-refractivity contribution in [2.75, 3.05) is 13.2 Å². The summed E-state index contributed by atoms with van der Waals surface area (Å²) in [4.78, 5) is 29.6. The number of carboxylic acids is 1. The summed E-state index contributed by atoms with van der Waals surface area (Å²) >= 11 is 0. The van der Waals surface area contributed by atoms with Crippen molar-refractivity contribution in [1.29, 1.82) is 0 Å². The van der Waals surface area contributed by atoms with Gasteiger partial charge in [0.25, 0.3) is 5.91 Å². The molecule has 4 rings (SSSR count). The standard InChI is InChI=1S/C20H20N4O4/c1-12-16-14(18(25)22-20(19(26)27)8-9-28-11-20)10-15(13-6-4-3-5-7-13)21-17(16)24(2)23-12/h3-7,10H,8-9,11H2,1-2H3,(H,22,25)(H,26,27). The maximum Gasteiger partial charge on any atom is 0.331 e. The molecule has 0 bridgehead atoms. The van der Waals surface area contributed by atoms with Crippen LogP contribution >= 0.6 is 0 Å². The zero-order valence-electron chi connectivity index (χ0n) is 15.6. The lowest BCUT2D eigenvalue weighted by molar-refractivity contribution is -0.144. The van der Waals surface area contributed by atoms with Crippen molar-refractivity contribution in [3.05, 3.63) is 47.7 Å². The van der Waals surface area contributed by atoms with E-state index in [-0.39, 0.29) is 13.0 Å². The van der Waals surface area contributed by atoms with Gasteiger partial charge in [-0.3, -0.25) is 9.48 Å². The molecule has 1 saturated heterocycles. The number of hydrogen-bond donors (Lipinski definition) is 2. The number of benzene rings is 1. The predicted octanol–water partition coefficient (Wildman–Crippen LogP) is 1.92. The lowest BCUT2D eigenvalue weighted by Crippen LogP contribution is -2.55. The summed E-state index contributed by atoms with van der Waals surface area (Å²) in [5.74, 6) is -1.58. The molecule has 0 radical (unpaired) electrons. The van der Waals surface area contributed by atoms with Gasteiger partial charge in [0.1, 0.15) is 0 Å². The number of carbonyl (C=O) groups excluding carboxylic acids is 1. The largest absolute Gasteiger partial charge is 0.479 e. The fourth-order valence-electron chi connectivity index (χ4n) is 3.55. The third-order valence-electron chi connectivity index (χ3n) is 5.07. The molecular weight excluding hydrogens is 360 g/mol. The molecule has 3 heterocycles. The monoisotopic (exact) mass is 380 g/mol. The summed E-state index contributed by atoms with van der Waals surface area (Å²) in [7, 11) is 1.77. The van der Waals surface area contributed by atoms with Gasteiger partial charge >= 0.3 is 5.97 Å². The molecule has 1 fully saturated rings. The van der Waals surface area contributed by atoms with E-state index in [4.69, 9.17) is 4.74 Å². The Bertz CT molecular complexity index is 1070. The van der Waals surface area contributed by atoms with Crippen molar-refractivity contribution < 1.29 is 19.4 Å². The molecule has 1 aliphatic rings. The van der Waals surface area contributed by atoms with Crippen LogP contribution in [0.1, 0.15) is 22.5 Å². The minimum absolute atomic E-state index is 0.0557. The van der Waals surface area contributed by atoms with Crippen LogP contribution in [0.25, 0.3) is 22.3 Å². The second-order valence-electron chi connectivity index (χ2n) is 6.97. The van der Waals surface area contributed by atoms with Gasteiger partial charge in [0.15, 0.2) is 11.2 Å². The molecular formula is C20H20N4O4. The Morgan fingerprint density at radius 2 is 2.04 bits per heavy atom. The first kappa shape index (κ1) is 18.1. The van der Waals surface area contributed by atoms with E-state index in [2.05, 4.69) is 15.4 Å². The molecule has 28 heavy (non-hydrogen) atoms. The van der Waals surface area contributed by atoms with E-state index in [1.165, 1.54) is 0 Å². The van der Waals surface area contributed by atoms with Crippen LogP contribution in [-0.2, 0) is 16.6 Å². The number of rotatable bonds is 4. The minimum atomic E-state index is -1.42. The highest BCUT2D eigenvalue weighted by Gasteiger charge is 2.44. The third kappa shape index (κ3) is 2.91. The number of hydrogen-bond acceptors (Lipinski definition) is 5. The quantitative estimate of drug-likeness (QED) is 0.716. The topological polar surface area (TPSA) is 106 Å². The van der Waals surface area contributed by atoms with Crippen LogP contribution in [-0.4, -0.2) is 50.5 Å². The number of ether oxygens (including phenoxy) is 1. The molecule has 144 valence electrons. The van der Waals surface area contributed by atoms with Gasteiger partial charge in [-0.1, -0.05) is 30.3 Å². The second kappa shape index (κ2) is 6.72. The molecule has 0 saturated carbocycles. The number of fused-ring (bicyclic) bond motifs is 1. The highest BCUT2D eigenvalue weighted by molar-refractivity contribution is 6.09. The number of pyridine rings is 1. The molecule has 1 aliphatic heterocycles. The van der Waals surface area contributed by atoms with Gasteiger partial charge in [-0.2, -0.15) is 5.10 Å². The lowest BCUT2D eigenvalue weighted by atomic mass is 9.97. The minimum Gasteiger partial charge on any atom is -0.479 e. The Morgan fingerprint density at radius 1 is 1.29 bits per heavy atom. The summed E-state index contributed by atoms with van der Waals surface area (Å²) < 4.78 is 6.87. The number of nitrogens with zero attached hydrogens (tertiary/aromatic N) is 3. The van der Waals surface area contributed by atoms with E-state index < -0.39 is 17.4 Å². The first-order valence-corrected chi connectivity index (χ1v) is 8.95. The number of aromatic nitrogens is 3. The molecule has 2 N–H and O–H groups in total. The average molecular weight is 380 g/mol. The van der Waals surface area contributed by atoms with Gasteiger partial charge < -0.3 is 15.2 Å². The number of carbonyl (C=O) groups is 2. The van der Waals surface area contributed by atoms with E-state index in [0.717, 1.165) is 5.56 Å². The van der Waals surface area contributed by atoms with Crippen molar-refractivity contribution in [1.82, 2.24) is 20.1 Å². The fourth-order valence-corrected chi connectivity index (χ4v) is 3.55. The Labute approximate surface area is 161 Å². The summed E-state index contributed by atoms with van der Waals surface area (Å²) in [6, 6.07) is 11.2. The van der Waals surface area contributed by atoms with Gasteiger partial charge in [0.05, 0.1) is 28.9 Å². The molecule has 2 aromatic heterocycles. The molecule has 1 atom stereocenters. The molecule has 3 aromatic rings. The lowest BCUT2D eigenvalue weighted by Gasteiger charge is -2.24. The molecule has 0 aliphatic carbocycles. The zero-order chi connectivity index (χ0) is 19.9. The SMILES string of the molecule is Cc1nn(C)c2nc(-c3ccccc3)cc(C(=O)NC3(C(=O)O)CCOC3)c12. The van der Waals surface area contributed by atoms with Gasteiger partial charge in [0, 0.05) is 25.6 Å². The van der Waals surface area contributed by atoms with Crippen molar-refractivity contribution in [2.24, 2.45) is 7.05 Å². The van der Waals surface area contributed by atoms with Crippen molar-refractivity contribution in [3.8, 4) is 11.3 Å². The van der Waals surface area contributed by atoms with E-state index in [9.17, 15) is 14.7 Å². The average Bonchev–Trinajstić information content (AvgIpc) is 3.27. The fraction of sp³-hybridized carbons (Fsp3) is 0.300. The van der Waals surface area contributed by atoms with Crippen molar-refractivity contribution >= 4 is 22.9 Å².